The van der Waals surface area contributed by atoms with Crippen molar-refractivity contribution in [1.82, 2.24) is 4.90 Å². The van der Waals surface area contributed by atoms with Crippen LogP contribution in [0.15, 0.2) is 12.2 Å². The average molecular weight is 150 g/mol. The topological polar surface area (TPSA) is 44.1 Å². The summed E-state index contributed by atoms with van der Waals surface area (Å²) in [6, 6.07) is 2.06. The molecule has 0 saturated carbocycles. The minimum absolute atomic E-state index is 0.0116. The van der Waals surface area contributed by atoms with Gasteiger partial charge in [-0.25, -0.2) is 0 Å². The lowest BCUT2D eigenvalue weighted by Gasteiger charge is -2.20. The smallest absolute Gasteiger partial charge is 0.220 e. The van der Waals surface area contributed by atoms with Crippen molar-refractivity contribution >= 4 is 5.91 Å². The van der Waals surface area contributed by atoms with E-state index in [1.165, 1.54) is 6.92 Å². The molecule has 0 N–H and O–H groups in total. The fourth-order valence-corrected chi connectivity index (χ4v) is 1.20. The fourth-order valence-electron chi connectivity index (χ4n) is 1.20. The molecule has 0 saturated heterocycles. The zero-order chi connectivity index (χ0) is 8.27. The van der Waals surface area contributed by atoms with Crippen molar-refractivity contribution in [2.75, 3.05) is 6.54 Å². The molecule has 1 heterocycles. The SMILES string of the molecule is CC(=O)N1CC=CC1CC#N. The number of nitriles is 1. The van der Waals surface area contributed by atoms with Crippen molar-refractivity contribution < 1.29 is 4.79 Å². The van der Waals surface area contributed by atoms with Crippen molar-refractivity contribution in [3.8, 4) is 6.07 Å². The van der Waals surface area contributed by atoms with Crippen LogP contribution >= 0.6 is 0 Å². The zero-order valence-electron chi connectivity index (χ0n) is 6.45. The summed E-state index contributed by atoms with van der Waals surface area (Å²) < 4.78 is 0. The van der Waals surface area contributed by atoms with E-state index in [0.29, 0.717) is 13.0 Å². The van der Waals surface area contributed by atoms with Gasteiger partial charge in [0.05, 0.1) is 18.5 Å². The van der Waals surface area contributed by atoms with Gasteiger partial charge in [-0.3, -0.25) is 4.79 Å². The van der Waals surface area contributed by atoms with Gasteiger partial charge in [0.2, 0.25) is 5.91 Å². The predicted molar refractivity (Wildman–Crippen MR) is 40.5 cm³/mol. The van der Waals surface area contributed by atoms with Gasteiger partial charge in [-0.1, -0.05) is 12.2 Å². The van der Waals surface area contributed by atoms with Crippen molar-refractivity contribution in [2.45, 2.75) is 19.4 Å². The summed E-state index contributed by atoms with van der Waals surface area (Å²) in [6.45, 7) is 2.18. The molecule has 0 radical (unpaired) electrons. The highest BCUT2D eigenvalue weighted by molar-refractivity contribution is 5.74. The molecular weight excluding hydrogens is 140 g/mol. The Morgan fingerprint density at radius 1 is 1.91 bits per heavy atom. The van der Waals surface area contributed by atoms with E-state index in [2.05, 4.69) is 0 Å². The second-order valence-corrected chi connectivity index (χ2v) is 2.53. The number of hydrogen-bond acceptors (Lipinski definition) is 2. The lowest BCUT2D eigenvalue weighted by molar-refractivity contribution is -0.129. The van der Waals surface area contributed by atoms with Crippen molar-refractivity contribution in [2.24, 2.45) is 0 Å². The van der Waals surface area contributed by atoms with E-state index in [0.717, 1.165) is 0 Å². The molecule has 58 valence electrons. The first-order valence-electron chi connectivity index (χ1n) is 3.56. The van der Waals surface area contributed by atoms with Gasteiger partial charge in [0.25, 0.3) is 0 Å². The van der Waals surface area contributed by atoms with Crippen molar-refractivity contribution in [1.29, 1.82) is 5.26 Å². The second-order valence-electron chi connectivity index (χ2n) is 2.53. The van der Waals surface area contributed by atoms with Crippen molar-refractivity contribution in [3.63, 3.8) is 0 Å². The third kappa shape index (κ3) is 1.58. The third-order valence-electron chi connectivity index (χ3n) is 1.77. The highest BCUT2D eigenvalue weighted by Crippen LogP contribution is 2.12. The molecule has 1 amide bonds. The Morgan fingerprint density at radius 3 is 3.18 bits per heavy atom. The molecule has 0 bridgehead atoms. The van der Waals surface area contributed by atoms with Gasteiger partial charge in [0.15, 0.2) is 0 Å². The largest absolute Gasteiger partial charge is 0.332 e. The Morgan fingerprint density at radius 2 is 2.64 bits per heavy atom. The number of carbonyl (C=O) groups is 1. The van der Waals surface area contributed by atoms with Crippen molar-refractivity contribution in [3.05, 3.63) is 12.2 Å². The third-order valence-corrected chi connectivity index (χ3v) is 1.77. The first kappa shape index (κ1) is 7.80. The summed E-state index contributed by atoms with van der Waals surface area (Å²) in [6.07, 6.45) is 4.23. The maximum atomic E-state index is 10.9. The fraction of sp³-hybridized carbons (Fsp3) is 0.500. The summed E-state index contributed by atoms with van der Waals surface area (Å²) in [4.78, 5) is 12.6. The van der Waals surface area contributed by atoms with Gasteiger partial charge < -0.3 is 4.90 Å². The summed E-state index contributed by atoms with van der Waals surface area (Å²) in [5.74, 6) is 0.0373. The van der Waals surface area contributed by atoms with E-state index < -0.39 is 0 Å². The highest BCUT2D eigenvalue weighted by atomic mass is 16.2. The minimum Gasteiger partial charge on any atom is -0.332 e. The molecule has 0 aromatic rings. The molecule has 0 fully saturated rings. The predicted octanol–water partition coefficient (Wildman–Crippen LogP) is 0.687. The lowest BCUT2D eigenvalue weighted by atomic mass is 10.2. The monoisotopic (exact) mass is 150 g/mol. The van der Waals surface area contributed by atoms with E-state index in [9.17, 15) is 4.79 Å². The summed E-state index contributed by atoms with van der Waals surface area (Å²) >= 11 is 0. The minimum atomic E-state index is 0.0116. The van der Waals surface area contributed by atoms with Gasteiger partial charge in [0, 0.05) is 13.5 Å². The molecule has 1 unspecified atom stereocenters. The number of hydrogen-bond donors (Lipinski definition) is 0. The number of rotatable bonds is 1. The second kappa shape index (κ2) is 3.20. The molecule has 1 atom stereocenters. The summed E-state index contributed by atoms with van der Waals surface area (Å²) in [7, 11) is 0. The average Bonchev–Trinajstić information content (AvgIpc) is 2.36. The molecule has 3 heteroatoms. The first-order chi connectivity index (χ1) is 5.25. The standard InChI is InChI=1S/C8H10N2O/c1-7(11)10-6-2-3-8(10)4-5-9/h2-3,8H,4,6H2,1H3. The normalized spacial score (nSPS) is 21.8. The van der Waals surface area contributed by atoms with E-state index in [1.807, 2.05) is 18.2 Å². The van der Waals surface area contributed by atoms with Crippen LogP contribution in [0, 0.1) is 11.3 Å². The Kier molecular flexibility index (Phi) is 2.27. The Bertz CT molecular complexity index is 227. The Labute approximate surface area is 65.9 Å². The van der Waals surface area contributed by atoms with Gasteiger partial charge in [0.1, 0.15) is 0 Å². The van der Waals surface area contributed by atoms with Crippen LogP contribution in [-0.4, -0.2) is 23.4 Å². The molecule has 0 spiro atoms. The number of carbonyl (C=O) groups excluding carboxylic acids is 1. The van der Waals surface area contributed by atoms with Gasteiger partial charge >= 0.3 is 0 Å². The first-order valence-corrected chi connectivity index (χ1v) is 3.56. The molecule has 0 aliphatic carbocycles. The van der Waals surface area contributed by atoms with Crippen LogP contribution in [0.4, 0.5) is 0 Å². The summed E-state index contributed by atoms with van der Waals surface area (Å²) in [5.41, 5.74) is 0. The Hall–Kier alpha value is -1.30. The van der Waals surface area contributed by atoms with Gasteiger partial charge in [-0.05, 0) is 0 Å². The zero-order valence-corrected chi connectivity index (χ0v) is 6.45. The van der Waals surface area contributed by atoms with Gasteiger partial charge in [-0.2, -0.15) is 5.26 Å². The molecule has 0 aromatic heterocycles. The Balaban J connectivity index is 2.57. The van der Waals surface area contributed by atoms with Crippen LogP contribution in [0.2, 0.25) is 0 Å². The maximum absolute atomic E-state index is 10.9. The number of nitrogens with zero attached hydrogens (tertiary/aromatic N) is 2. The molecule has 0 aromatic carbocycles. The summed E-state index contributed by atoms with van der Waals surface area (Å²) in [5, 5.41) is 8.40. The van der Waals surface area contributed by atoms with E-state index >= 15 is 0 Å². The van der Waals surface area contributed by atoms with E-state index in [-0.39, 0.29) is 11.9 Å². The van der Waals surface area contributed by atoms with Crippen LogP contribution in [0.5, 0.6) is 0 Å². The molecule has 11 heavy (non-hydrogen) atoms. The van der Waals surface area contributed by atoms with Crippen LogP contribution < -0.4 is 0 Å². The van der Waals surface area contributed by atoms with Crippen LogP contribution in [0.1, 0.15) is 13.3 Å². The number of amides is 1. The maximum Gasteiger partial charge on any atom is 0.220 e. The van der Waals surface area contributed by atoms with Gasteiger partial charge in [-0.15, -0.1) is 0 Å². The van der Waals surface area contributed by atoms with Crippen LogP contribution in [0.25, 0.3) is 0 Å². The van der Waals surface area contributed by atoms with E-state index in [4.69, 9.17) is 5.26 Å². The quantitative estimate of drug-likeness (QED) is 0.516. The van der Waals surface area contributed by atoms with Crippen LogP contribution in [0.3, 0.4) is 0 Å². The molecule has 1 aliphatic heterocycles. The van der Waals surface area contributed by atoms with E-state index in [1.54, 1.807) is 4.90 Å². The molecule has 1 aliphatic rings. The molecule has 3 nitrogen and oxygen atoms in total. The molecule has 1 rings (SSSR count). The van der Waals surface area contributed by atoms with Crippen LogP contribution in [-0.2, 0) is 4.79 Å². The molecular formula is C8H10N2O. The lowest BCUT2D eigenvalue weighted by Crippen LogP contribution is -2.33. The highest BCUT2D eigenvalue weighted by Gasteiger charge is 2.20.